The molecule has 3 rings (SSSR count). The fraction of sp³-hybridized carbons (Fsp3) is 0.600. The minimum absolute atomic E-state index is 0. The Morgan fingerprint density at radius 1 is 1.22 bits per heavy atom. The summed E-state index contributed by atoms with van der Waals surface area (Å²) >= 11 is 0. The molecule has 3 atom stereocenters. The molecule has 1 N–H and O–H groups in total. The van der Waals surface area contributed by atoms with Gasteiger partial charge in [0.25, 0.3) is 0 Å². The highest BCUT2D eigenvalue weighted by atomic mass is 35.5. The third kappa shape index (κ3) is 3.25. The van der Waals surface area contributed by atoms with Crippen molar-refractivity contribution in [3.05, 3.63) is 35.4 Å². The fourth-order valence-corrected chi connectivity index (χ4v) is 3.16. The third-order valence-electron chi connectivity index (χ3n) is 4.00. The van der Waals surface area contributed by atoms with Gasteiger partial charge in [0.1, 0.15) is 0 Å². The average Bonchev–Trinajstić information content (AvgIpc) is 2.66. The van der Waals surface area contributed by atoms with E-state index in [0.29, 0.717) is 6.10 Å². The zero-order chi connectivity index (χ0) is 11.7. The van der Waals surface area contributed by atoms with Crippen molar-refractivity contribution < 1.29 is 4.74 Å². The van der Waals surface area contributed by atoms with Crippen LogP contribution in [0.2, 0.25) is 0 Å². The lowest BCUT2D eigenvalue weighted by Gasteiger charge is -2.29. The summed E-state index contributed by atoms with van der Waals surface area (Å²) in [4.78, 5) is 0. The van der Waals surface area contributed by atoms with Crippen molar-refractivity contribution >= 4 is 12.4 Å². The number of aryl methyl sites for hydroxylation is 1. The lowest BCUT2D eigenvalue weighted by molar-refractivity contribution is 0.00915. The zero-order valence-corrected chi connectivity index (χ0v) is 11.7. The van der Waals surface area contributed by atoms with E-state index in [1.54, 1.807) is 0 Å². The Balaban J connectivity index is 0.00000120. The molecule has 2 fully saturated rings. The molecule has 2 aliphatic rings. The van der Waals surface area contributed by atoms with Gasteiger partial charge in [-0.05, 0) is 38.2 Å². The van der Waals surface area contributed by atoms with Crippen LogP contribution in [0.25, 0.3) is 0 Å². The summed E-state index contributed by atoms with van der Waals surface area (Å²) in [5.74, 6) is 0. The average molecular weight is 268 g/mol. The Hall–Kier alpha value is -0.570. The van der Waals surface area contributed by atoms with Crippen LogP contribution in [0.4, 0.5) is 0 Å². The number of rotatable bonds is 3. The highest BCUT2D eigenvalue weighted by molar-refractivity contribution is 5.85. The monoisotopic (exact) mass is 267 g/mol. The van der Waals surface area contributed by atoms with Gasteiger partial charge < -0.3 is 10.1 Å². The van der Waals surface area contributed by atoms with E-state index in [1.165, 1.54) is 36.8 Å². The summed E-state index contributed by atoms with van der Waals surface area (Å²) in [5, 5.41) is 3.65. The number of halogens is 1. The molecule has 1 unspecified atom stereocenters. The molecule has 2 bridgehead atoms. The fourth-order valence-electron chi connectivity index (χ4n) is 3.16. The first-order chi connectivity index (χ1) is 8.29. The Kier molecular flexibility index (Phi) is 4.66. The Morgan fingerprint density at radius 3 is 2.61 bits per heavy atom. The summed E-state index contributed by atoms with van der Waals surface area (Å²) in [6.45, 7) is 2.90. The summed E-state index contributed by atoms with van der Waals surface area (Å²) in [6.07, 6.45) is 5.54. The van der Waals surface area contributed by atoms with E-state index in [-0.39, 0.29) is 12.4 Å². The predicted octanol–water partition coefficient (Wildman–Crippen LogP) is 3.22. The van der Waals surface area contributed by atoms with Crippen molar-refractivity contribution in [1.82, 2.24) is 5.32 Å². The summed E-state index contributed by atoms with van der Waals surface area (Å²) in [6, 6.07) is 10.1. The molecule has 2 nitrogen and oxygen atoms in total. The molecule has 100 valence electrons. The Bertz CT molecular complexity index is 384. The van der Waals surface area contributed by atoms with Crippen LogP contribution in [0.5, 0.6) is 0 Å². The van der Waals surface area contributed by atoms with Gasteiger partial charge in [-0.15, -0.1) is 12.4 Å². The first-order valence-electron chi connectivity index (χ1n) is 6.73. The Labute approximate surface area is 116 Å². The molecule has 1 aromatic carbocycles. The van der Waals surface area contributed by atoms with Gasteiger partial charge in [0.05, 0.1) is 12.7 Å². The second-order valence-electron chi connectivity index (χ2n) is 5.53. The number of hydrogen-bond acceptors (Lipinski definition) is 2. The van der Waals surface area contributed by atoms with Crippen molar-refractivity contribution in [2.75, 3.05) is 0 Å². The quantitative estimate of drug-likeness (QED) is 0.908. The highest BCUT2D eigenvalue weighted by Gasteiger charge is 2.33. The van der Waals surface area contributed by atoms with Crippen LogP contribution in [-0.2, 0) is 11.3 Å². The van der Waals surface area contributed by atoms with Crippen LogP contribution in [0.3, 0.4) is 0 Å². The molecule has 0 aliphatic carbocycles. The Morgan fingerprint density at radius 2 is 1.94 bits per heavy atom. The number of hydrogen-bond donors (Lipinski definition) is 1. The van der Waals surface area contributed by atoms with Crippen LogP contribution in [0.15, 0.2) is 24.3 Å². The maximum absolute atomic E-state index is 6.06. The molecule has 3 heteroatoms. The van der Waals surface area contributed by atoms with Crippen molar-refractivity contribution in [2.24, 2.45) is 0 Å². The first kappa shape index (κ1) is 13.9. The topological polar surface area (TPSA) is 21.3 Å². The van der Waals surface area contributed by atoms with Gasteiger partial charge in [0, 0.05) is 12.1 Å². The molecule has 2 aliphatic heterocycles. The molecule has 0 saturated carbocycles. The first-order valence-corrected chi connectivity index (χ1v) is 6.73. The SMILES string of the molecule is Cc1cccc(COC2C[C@H]3CC[C@@H](C2)N3)c1.Cl. The molecule has 0 spiro atoms. The van der Waals surface area contributed by atoms with Crippen LogP contribution >= 0.6 is 12.4 Å². The van der Waals surface area contributed by atoms with E-state index in [0.717, 1.165) is 18.7 Å². The molecule has 2 saturated heterocycles. The van der Waals surface area contributed by atoms with Crippen molar-refractivity contribution in [2.45, 2.75) is 57.4 Å². The van der Waals surface area contributed by atoms with Gasteiger partial charge in [0.15, 0.2) is 0 Å². The van der Waals surface area contributed by atoms with Gasteiger partial charge in [-0.2, -0.15) is 0 Å². The summed E-state index contributed by atoms with van der Waals surface area (Å²) in [5.41, 5.74) is 2.62. The number of piperidine rings is 1. The van der Waals surface area contributed by atoms with E-state index < -0.39 is 0 Å². The molecule has 1 aromatic rings. The van der Waals surface area contributed by atoms with Gasteiger partial charge in [-0.3, -0.25) is 0 Å². The van der Waals surface area contributed by atoms with E-state index in [2.05, 4.69) is 36.5 Å². The van der Waals surface area contributed by atoms with Crippen LogP contribution in [-0.4, -0.2) is 18.2 Å². The second-order valence-corrected chi connectivity index (χ2v) is 5.53. The van der Waals surface area contributed by atoms with Crippen LogP contribution in [0.1, 0.15) is 36.8 Å². The van der Waals surface area contributed by atoms with Crippen molar-refractivity contribution in [3.8, 4) is 0 Å². The smallest absolute Gasteiger partial charge is 0.0720 e. The van der Waals surface area contributed by atoms with E-state index in [4.69, 9.17) is 4.74 Å². The lowest BCUT2D eigenvalue weighted by atomic mass is 10.0. The molecule has 2 heterocycles. The number of fused-ring (bicyclic) bond motifs is 2. The molecular formula is C15H22ClNO. The van der Waals surface area contributed by atoms with Gasteiger partial charge in [-0.25, -0.2) is 0 Å². The normalized spacial score (nSPS) is 29.9. The number of ether oxygens (including phenoxy) is 1. The summed E-state index contributed by atoms with van der Waals surface area (Å²) < 4.78 is 6.06. The largest absolute Gasteiger partial charge is 0.373 e. The number of nitrogens with one attached hydrogen (secondary N) is 1. The second kappa shape index (κ2) is 6.05. The van der Waals surface area contributed by atoms with E-state index >= 15 is 0 Å². The lowest BCUT2D eigenvalue weighted by Crippen LogP contribution is -2.41. The molecular weight excluding hydrogens is 246 g/mol. The predicted molar refractivity (Wildman–Crippen MR) is 76.2 cm³/mol. The number of benzene rings is 1. The van der Waals surface area contributed by atoms with Crippen molar-refractivity contribution in [1.29, 1.82) is 0 Å². The molecule has 0 amide bonds. The van der Waals surface area contributed by atoms with Crippen molar-refractivity contribution in [3.63, 3.8) is 0 Å². The maximum Gasteiger partial charge on any atom is 0.0720 e. The minimum Gasteiger partial charge on any atom is -0.373 e. The zero-order valence-electron chi connectivity index (χ0n) is 10.9. The standard InChI is InChI=1S/C15H21NO.ClH/c1-11-3-2-4-12(7-11)10-17-15-8-13-5-6-14(9-15)16-13;/h2-4,7,13-16H,5-6,8-10H2,1H3;1H/t13-,14+,15?;. The highest BCUT2D eigenvalue weighted by Crippen LogP contribution is 2.28. The molecule has 0 aromatic heterocycles. The third-order valence-corrected chi connectivity index (χ3v) is 4.00. The van der Waals surface area contributed by atoms with E-state index in [1.807, 2.05) is 0 Å². The minimum atomic E-state index is 0. The van der Waals surface area contributed by atoms with Gasteiger partial charge >= 0.3 is 0 Å². The van der Waals surface area contributed by atoms with Crippen LogP contribution < -0.4 is 5.32 Å². The van der Waals surface area contributed by atoms with Gasteiger partial charge in [0.2, 0.25) is 0 Å². The summed E-state index contributed by atoms with van der Waals surface area (Å²) in [7, 11) is 0. The maximum atomic E-state index is 6.06. The van der Waals surface area contributed by atoms with E-state index in [9.17, 15) is 0 Å². The van der Waals surface area contributed by atoms with Gasteiger partial charge in [-0.1, -0.05) is 29.8 Å². The molecule has 18 heavy (non-hydrogen) atoms. The van der Waals surface area contributed by atoms with Crippen LogP contribution in [0, 0.1) is 6.92 Å². The molecule has 0 radical (unpaired) electrons.